The van der Waals surface area contributed by atoms with Gasteiger partial charge in [-0.1, -0.05) is 26.8 Å². The van der Waals surface area contributed by atoms with Crippen LogP contribution in [0.1, 0.15) is 33.6 Å². The van der Waals surface area contributed by atoms with Crippen LogP contribution in [0.5, 0.6) is 0 Å². The molecule has 2 nitrogen and oxygen atoms in total. The summed E-state index contributed by atoms with van der Waals surface area (Å²) in [5.41, 5.74) is 2.15. The van der Waals surface area contributed by atoms with Gasteiger partial charge in [0, 0.05) is 37.8 Å². The zero-order valence-corrected chi connectivity index (χ0v) is 10.3. The Morgan fingerprint density at radius 2 is 2.00 bits per heavy atom. The lowest BCUT2D eigenvalue weighted by Crippen LogP contribution is -2.41. The molecule has 2 aliphatic rings. The van der Waals surface area contributed by atoms with Crippen molar-refractivity contribution < 1.29 is 0 Å². The van der Waals surface area contributed by atoms with Crippen molar-refractivity contribution in [3.63, 3.8) is 0 Å². The first-order valence-corrected chi connectivity index (χ1v) is 6.24. The van der Waals surface area contributed by atoms with Crippen LogP contribution in [0.2, 0.25) is 0 Å². The fourth-order valence-corrected chi connectivity index (χ4v) is 2.59. The molecular formula is C13H24N2. The summed E-state index contributed by atoms with van der Waals surface area (Å²) in [5.74, 6) is 0.694. The zero-order chi connectivity index (χ0) is 10.9. The van der Waals surface area contributed by atoms with Crippen LogP contribution in [0.4, 0.5) is 0 Å². The summed E-state index contributed by atoms with van der Waals surface area (Å²) in [6.45, 7) is 11.8. The van der Waals surface area contributed by atoms with Gasteiger partial charge >= 0.3 is 0 Å². The Labute approximate surface area is 93.7 Å². The second-order valence-corrected chi connectivity index (χ2v) is 5.84. The first-order chi connectivity index (χ1) is 7.08. The van der Waals surface area contributed by atoms with Crippen molar-refractivity contribution in [3.8, 4) is 0 Å². The highest BCUT2D eigenvalue weighted by molar-refractivity contribution is 5.10. The number of nitrogens with one attached hydrogen (secondary N) is 1. The van der Waals surface area contributed by atoms with Gasteiger partial charge in [-0.25, -0.2) is 0 Å². The Morgan fingerprint density at radius 1 is 1.33 bits per heavy atom. The van der Waals surface area contributed by atoms with Gasteiger partial charge in [0.15, 0.2) is 0 Å². The fourth-order valence-electron chi connectivity index (χ4n) is 2.59. The second kappa shape index (κ2) is 4.17. The van der Waals surface area contributed by atoms with Gasteiger partial charge in [-0.15, -0.1) is 0 Å². The maximum atomic E-state index is 3.42. The lowest BCUT2D eigenvalue weighted by molar-refractivity contribution is 0.149. The van der Waals surface area contributed by atoms with Crippen molar-refractivity contribution in [1.29, 1.82) is 0 Å². The van der Waals surface area contributed by atoms with E-state index in [2.05, 4.69) is 37.1 Å². The summed E-state index contributed by atoms with van der Waals surface area (Å²) >= 11 is 0. The molecular weight excluding hydrogens is 184 g/mol. The number of hydrogen-bond acceptors (Lipinski definition) is 2. The maximum absolute atomic E-state index is 3.42. The minimum Gasteiger partial charge on any atom is -0.375 e. The monoisotopic (exact) mass is 208 g/mol. The van der Waals surface area contributed by atoms with E-state index in [9.17, 15) is 0 Å². The Bertz CT molecular complexity index is 245. The van der Waals surface area contributed by atoms with Crippen LogP contribution in [0, 0.1) is 11.3 Å². The van der Waals surface area contributed by atoms with E-state index in [4.69, 9.17) is 0 Å². The van der Waals surface area contributed by atoms with Gasteiger partial charge in [0.25, 0.3) is 0 Å². The van der Waals surface area contributed by atoms with Gasteiger partial charge in [0.1, 0.15) is 0 Å². The normalized spacial score (nSPS) is 31.3. The van der Waals surface area contributed by atoms with Crippen LogP contribution in [-0.4, -0.2) is 31.1 Å². The molecule has 0 radical (unpaired) electrons. The lowest BCUT2D eigenvalue weighted by Gasteiger charge is -2.42. The molecule has 0 spiro atoms. The first kappa shape index (κ1) is 11.0. The Morgan fingerprint density at radius 3 is 2.60 bits per heavy atom. The average Bonchev–Trinajstić information content (AvgIpc) is 2.19. The minimum absolute atomic E-state index is 0.563. The highest BCUT2D eigenvalue weighted by Crippen LogP contribution is 2.32. The molecule has 0 aromatic heterocycles. The van der Waals surface area contributed by atoms with Crippen molar-refractivity contribution in [2.45, 2.75) is 33.6 Å². The minimum atomic E-state index is 0.563. The van der Waals surface area contributed by atoms with E-state index in [0.29, 0.717) is 11.3 Å². The predicted molar refractivity (Wildman–Crippen MR) is 64.7 cm³/mol. The number of piperidine rings is 1. The summed E-state index contributed by atoms with van der Waals surface area (Å²) in [7, 11) is 0. The second-order valence-electron chi connectivity index (χ2n) is 5.84. The summed E-state index contributed by atoms with van der Waals surface area (Å²) in [5, 5.41) is 3.42. The fraction of sp³-hybridized carbons (Fsp3) is 0.846. The van der Waals surface area contributed by atoms with Crippen LogP contribution in [-0.2, 0) is 0 Å². The molecule has 0 saturated carbocycles. The van der Waals surface area contributed by atoms with Crippen molar-refractivity contribution in [3.05, 3.63) is 11.8 Å². The zero-order valence-electron chi connectivity index (χ0n) is 10.3. The number of rotatable bonds is 1. The van der Waals surface area contributed by atoms with Gasteiger partial charge < -0.3 is 10.2 Å². The average molecular weight is 208 g/mol. The predicted octanol–water partition coefficient (Wildman–Crippen LogP) is 2.23. The Balaban J connectivity index is 1.98. The van der Waals surface area contributed by atoms with Gasteiger partial charge in [-0.2, -0.15) is 0 Å². The molecule has 2 heteroatoms. The molecule has 0 bridgehead atoms. The molecule has 0 unspecified atom stereocenters. The van der Waals surface area contributed by atoms with E-state index in [0.717, 1.165) is 13.1 Å². The Kier molecular flexibility index (Phi) is 3.06. The van der Waals surface area contributed by atoms with Crippen molar-refractivity contribution >= 4 is 0 Å². The van der Waals surface area contributed by atoms with E-state index in [-0.39, 0.29) is 0 Å². The first-order valence-electron chi connectivity index (χ1n) is 6.24. The maximum Gasteiger partial charge on any atom is 0.0180 e. The standard InChI is InChI=1S/C13H24N2/c1-11-10-14-7-4-12(11)15-8-5-13(2,3)6-9-15/h4,11,14H,5-10H2,1-3H3/t11-/m0/s1. The third-order valence-electron chi connectivity index (χ3n) is 3.89. The molecule has 0 aliphatic carbocycles. The smallest absolute Gasteiger partial charge is 0.0180 e. The van der Waals surface area contributed by atoms with Crippen LogP contribution < -0.4 is 5.32 Å². The van der Waals surface area contributed by atoms with Crippen LogP contribution in [0.15, 0.2) is 11.8 Å². The van der Waals surface area contributed by atoms with E-state index >= 15 is 0 Å². The third kappa shape index (κ3) is 2.54. The van der Waals surface area contributed by atoms with Gasteiger partial charge in [-0.05, 0) is 18.3 Å². The largest absolute Gasteiger partial charge is 0.375 e. The number of hydrogen-bond donors (Lipinski definition) is 1. The summed E-state index contributed by atoms with van der Waals surface area (Å²) in [6, 6.07) is 0. The van der Waals surface area contributed by atoms with Gasteiger partial charge in [0.05, 0.1) is 0 Å². The topological polar surface area (TPSA) is 15.3 Å². The molecule has 0 amide bonds. The van der Waals surface area contributed by atoms with Crippen LogP contribution in [0.3, 0.4) is 0 Å². The summed E-state index contributed by atoms with van der Waals surface area (Å²) in [6.07, 6.45) is 5.06. The van der Waals surface area contributed by atoms with E-state index in [1.54, 1.807) is 5.70 Å². The van der Waals surface area contributed by atoms with Crippen LogP contribution in [0.25, 0.3) is 0 Å². The SMILES string of the molecule is C[C@H]1CNCC=C1N1CCC(C)(C)CC1. The van der Waals surface area contributed by atoms with E-state index < -0.39 is 0 Å². The molecule has 2 rings (SSSR count). The molecule has 0 aromatic carbocycles. The van der Waals surface area contributed by atoms with Crippen molar-refractivity contribution in [1.82, 2.24) is 10.2 Å². The van der Waals surface area contributed by atoms with Crippen molar-refractivity contribution in [2.75, 3.05) is 26.2 Å². The molecule has 1 atom stereocenters. The lowest BCUT2D eigenvalue weighted by atomic mass is 9.82. The van der Waals surface area contributed by atoms with E-state index in [1.165, 1.54) is 25.9 Å². The van der Waals surface area contributed by atoms with Crippen molar-refractivity contribution in [2.24, 2.45) is 11.3 Å². The number of likely N-dealkylation sites (tertiary alicyclic amines) is 1. The molecule has 2 aliphatic heterocycles. The molecule has 86 valence electrons. The molecule has 1 N–H and O–H groups in total. The molecule has 15 heavy (non-hydrogen) atoms. The molecule has 1 saturated heterocycles. The summed E-state index contributed by atoms with van der Waals surface area (Å²) < 4.78 is 0. The Hall–Kier alpha value is -0.500. The van der Waals surface area contributed by atoms with E-state index in [1.807, 2.05) is 0 Å². The molecule has 1 fully saturated rings. The van der Waals surface area contributed by atoms with Crippen LogP contribution >= 0.6 is 0 Å². The van der Waals surface area contributed by atoms with Gasteiger partial charge in [0.2, 0.25) is 0 Å². The van der Waals surface area contributed by atoms with Gasteiger partial charge in [-0.3, -0.25) is 0 Å². The molecule has 0 aromatic rings. The third-order valence-corrected chi connectivity index (χ3v) is 3.89. The highest BCUT2D eigenvalue weighted by Gasteiger charge is 2.28. The molecule has 2 heterocycles. The highest BCUT2D eigenvalue weighted by atomic mass is 15.2. The summed E-state index contributed by atoms with van der Waals surface area (Å²) in [4.78, 5) is 2.61. The number of nitrogens with zero attached hydrogens (tertiary/aromatic N) is 1. The quantitative estimate of drug-likeness (QED) is 0.711.